The molecule has 0 saturated carbocycles. The van der Waals surface area contributed by atoms with Gasteiger partial charge in [-0.1, -0.05) is 0 Å². The maximum absolute atomic E-state index is 10.9. The van der Waals surface area contributed by atoms with Gasteiger partial charge in [0.25, 0.3) is 0 Å². The number of aromatic nitrogens is 2. The normalized spacial score (nSPS) is 14.5. The fourth-order valence-corrected chi connectivity index (χ4v) is 2.38. The summed E-state index contributed by atoms with van der Waals surface area (Å²) in [6, 6.07) is 1.89. The molecule has 0 bridgehead atoms. The first-order valence-electron chi connectivity index (χ1n) is 5.25. The highest BCUT2D eigenvalue weighted by Crippen LogP contribution is 2.24. The smallest absolute Gasteiger partial charge is 0.153 e. The van der Waals surface area contributed by atoms with E-state index in [4.69, 9.17) is 0 Å². The van der Waals surface area contributed by atoms with Crippen LogP contribution in [0, 0.1) is 6.92 Å². The molecule has 1 aliphatic rings. The number of nitrogens with zero attached hydrogens (tertiary/aromatic N) is 2. The van der Waals surface area contributed by atoms with E-state index in [2.05, 4.69) is 15.6 Å². The van der Waals surface area contributed by atoms with E-state index in [-0.39, 0.29) is 0 Å². The van der Waals surface area contributed by atoms with Crippen molar-refractivity contribution in [2.45, 2.75) is 26.2 Å². The molecule has 2 aromatic rings. The molecule has 0 atom stereocenters. The zero-order valence-electron chi connectivity index (χ0n) is 8.66. The molecule has 2 aromatic heterocycles. The summed E-state index contributed by atoms with van der Waals surface area (Å²) in [5.41, 5.74) is 5.09. The number of aldehydes is 1. The van der Waals surface area contributed by atoms with Crippen LogP contribution in [0.3, 0.4) is 0 Å². The van der Waals surface area contributed by atoms with Gasteiger partial charge in [-0.15, -0.1) is 0 Å². The molecule has 76 valence electrons. The Balaban J connectivity index is 2.42. The minimum absolute atomic E-state index is 0.699. The van der Waals surface area contributed by atoms with E-state index >= 15 is 0 Å². The summed E-state index contributed by atoms with van der Waals surface area (Å²) in [5.74, 6) is 0. The molecule has 0 aliphatic heterocycles. The van der Waals surface area contributed by atoms with Crippen molar-refractivity contribution in [2.24, 2.45) is 0 Å². The summed E-state index contributed by atoms with van der Waals surface area (Å²) in [6.07, 6.45) is 6.28. The molecule has 3 rings (SSSR count). The number of aryl methyl sites for hydroxylation is 3. The molecule has 0 fully saturated rings. The van der Waals surface area contributed by atoms with Crippen molar-refractivity contribution in [2.75, 3.05) is 0 Å². The van der Waals surface area contributed by atoms with E-state index in [0.29, 0.717) is 5.56 Å². The van der Waals surface area contributed by atoms with Crippen molar-refractivity contribution in [1.82, 2.24) is 9.38 Å². The summed E-state index contributed by atoms with van der Waals surface area (Å²) in [5, 5.41) is 0. The number of imidazole rings is 1. The van der Waals surface area contributed by atoms with Gasteiger partial charge in [0.05, 0.1) is 11.3 Å². The molecule has 2 heterocycles. The van der Waals surface area contributed by atoms with Crippen LogP contribution in [0.4, 0.5) is 0 Å². The highest BCUT2D eigenvalue weighted by atomic mass is 16.1. The van der Waals surface area contributed by atoms with Gasteiger partial charge >= 0.3 is 0 Å². The van der Waals surface area contributed by atoms with Gasteiger partial charge in [0, 0.05) is 11.9 Å². The van der Waals surface area contributed by atoms with Gasteiger partial charge in [-0.05, 0) is 37.8 Å². The van der Waals surface area contributed by atoms with E-state index in [1.807, 2.05) is 13.0 Å². The van der Waals surface area contributed by atoms with Gasteiger partial charge in [-0.2, -0.15) is 0 Å². The number of fused-ring (bicyclic) bond motifs is 3. The molecular weight excluding hydrogens is 188 g/mol. The molecule has 0 unspecified atom stereocenters. The number of hydrogen-bond donors (Lipinski definition) is 0. The molecule has 0 spiro atoms. The summed E-state index contributed by atoms with van der Waals surface area (Å²) in [7, 11) is 0. The molecule has 3 heteroatoms. The molecule has 15 heavy (non-hydrogen) atoms. The SMILES string of the molecule is Cc1cc(C=O)c2nc3c(n2c1)CCC3. The Morgan fingerprint density at radius 2 is 2.33 bits per heavy atom. The first kappa shape index (κ1) is 8.65. The molecule has 0 amide bonds. The van der Waals surface area contributed by atoms with Crippen LogP contribution in [0.25, 0.3) is 5.65 Å². The zero-order chi connectivity index (χ0) is 10.4. The van der Waals surface area contributed by atoms with Crippen LogP contribution in [0.5, 0.6) is 0 Å². The largest absolute Gasteiger partial charge is 0.303 e. The number of hydrogen-bond acceptors (Lipinski definition) is 2. The van der Waals surface area contributed by atoms with E-state index < -0.39 is 0 Å². The van der Waals surface area contributed by atoms with Crippen molar-refractivity contribution in [3.63, 3.8) is 0 Å². The predicted molar refractivity (Wildman–Crippen MR) is 57.3 cm³/mol. The van der Waals surface area contributed by atoms with Crippen LogP contribution in [0.15, 0.2) is 12.3 Å². The summed E-state index contributed by atoms with van der Waals surface area (Å²) < 4.78 is 2.08. The van der Waals surface area contributed by atoms with Crippen LogP contribution >= 0.6 is 0 Å². The third-order valence-corrected chi connectivity index (χ3v) is 3.02. The number of carbonyl (C=O) groups is 1. The minimum atomic E-state index is 0.699. The van der Waals surface area contributed by atoms with Crippen molar-refractivity contribution in [3.05, 3.63) is 34.8 Å². The van der Waals surface area contributed by atoms with E-state index in [1.165, 1.54) is 17.8 Å². The van der Waals surface area contributed by atoms with E-state index in [9.17, 15) is 4.79 Å². The Labute approximate surface area is 87.7 Å². The van der Waals surface area contributed by atoms with E-state index in [1.54, 1.807) is 0 Å². The molecule has 0 saturated heterocycles. The maximum atomic E-state index is 10.9. The molecule has 0 N–H and O–H groups in total. The van der Waals surface area contributed by atoms with Gasteiger partial charge < -0.3 is 4.40 Å². The molecular formula is C12H12N2O. The topological polar surface area (TPSA) is 34.4 Å². The second kappa shape index (κ2) is 2.92. The summed E-state index contributed by atoms with van der Waals surface area (Å²) >= 11 is 0. The Morgan fingerprint density at radius 3 is 3.13 bits per heavy atom. The number of carbonyl (C=O) groups excluding carboxylic acids is 1. The highest BCUT2D eigenvalue weighted by molar-refractivity contribution is 5.84. The Hall–Kier alpha value is -1.64. The first-order valence-corrected chi connectivity index (χ1v) is 5.25. The Morgan fingerprint density at radius 1 is 1.47 bits per heavy atom. The second-order valence-electron chi connectivity index (χ2n) is 4.14. The minimum Gasteiger partial charge on any atom is -0.303 e. The van der Waals surface area contributed by atoms with Gasteiger partial charge in [0.2, 0.25) is 0 Å². The average Bonchev–Trinajstić information content (AvgIpc) is 2.77. The van der Waals surface area contributed by atoms with Crippen molar-refractivity contribution in [3.8, 4) is 0 Å². The van der Waals surface area contributed by atoms with Crippen molar-refractivity contribution >= 4 is 11.9 Å². The molecule has 0 radical (unpaired) electrons. The van der Waals surface area contributed by atoms with Crippen LogP contribution in [0.1, 0.15) is 33.7 Å². The standard InChI is InChI=1S/C12H12N2O/c1-8-5-9(7-15)12-13-10-3-2-4-11(10)14(12)6-8/h5-7H,2-4H2,1H3. The number of rotatable bonds is 1. The first-order chi connectivity index (χ1) is 7.29. The highest BCUT2D eigenvalue weighted by Gasteiger charge is 2.19. The lowest BCUT2D eigenvalue weighted by molar-refractivity contribution is 0.112. The van der Waals surface area contributed by atoms with Gasteiger partial charge in [-0.3, -0.25) is 4.79 Å². The van der Waals surface area contributed by atoms with Gasteiger partial charge in [-0.25, -0.2) is 4.98 Å². The molecule has 1 aliphatic carbocycles. The fraction of sp³-hybridized carbons (Fsp3) is 0.333. The van der Waals surface area contributed by atoms with Crippen LogP contribution in [-0.4, -0.2) is 15.7 Å². The van der Waals surface area contributed by atoms with Crippen LogP contribution < -0.4 is 0 Å². The average molecular weight is 200 g/mol. The monoisotopic (exact) mass is 200 g/mol. The lowest BCUT2D eigenvalue weighted by atomic mass is 10.2. The summed E-state index contributed by atoms with van der Waals surface area (Å²) in [4.78, 5) is 15.5. The quantitative estimate of drug-likeness (QED) is 0.659. The fourth-order valence-electron chi connectivity index (χ4n) is 2.38. The lowest BCUT2D eigenvalue weighted by Crippen LogP contribution is -1.96. The number of pyridine rings is 1. The van der Waals surface area contributed by atoms with Crippen LogP contribution in [-0.2, 0) is 12.8 Å². The van der Waals surface area contributed by atoms with E-state index in [0.717, 1.165) is 30.3 Å². The molecule has 0 aromatic carbocycles. The Kier molecular flexibility index (Phi) is 1.69. The second-order valence-corrected chi connectivity index (χ2v) is 4.14. The summed E-state index contributed by atoms with van der Waals surface area (Å²) in [6.45, 7) is 2.01. The lowest BCUT2D eigenvalue weighted by Gasteiger charge is -2.02. The van der Waals surface area contributed by atoms with Gasteiger partial charge in [0.1, 0.15) is 5.65 Å². The third kappa shape index (κ3) is 1.12. The van der Waals surface area contributed by atoms with Crippen molar-refractivity contribution < 1.29 is 4.79 Å². The third-order valence-electron chi connectivity index (χ3n) is 3.02. The van der Waals surface area contributed by atoms with Crippen LogP contribution in [0.2, 0.25) is 0 Å². The maximum Gasteiger partial charge on any atom is 0.153 e. The Bertz CT molecular complexity index is 554. The van der Waals surface area contributed by atoms with Gasteiger partial charge in [0.15, 0.2) is 6.29 Å². The van der Waals surface area contributed by atoms with Crippen molar-refractivity contribution in [1.29, 1.82) is 0 Å². The zero-order valence-corrected chi connectivity index (χ0v) is 8.66. The predicted octanol–water partition coefficient (Wildman–Crippen LogP) is 1.94. The molecule has 3 nitrogen and oxygen atoms in total.